The Kier molecular flexibility index (Phi) is 9.36. The summed E-state index contributed by atoms with van der Waals surface area (Å²) < 4.78 is 38.5. The van der Waals surface area contributed by atoms with Gasteiger partial charge < -0.3 is 19.3 Å². The number of rotatable bonds is 13. The Hall–Kier alpha value is -2.07. The van der Waals surface area contributed by atoms with E-state index in [1.807, 2.05) is 23.0 Å². The zero-order valence-electron chi connectivity index (χ0n) is 24.3. The van der Waals surface area contributed by atoms with Gasteiger partial charge in [-0.2, -0.15) is 9.61 Å². The Morgan fingerprint density at radius 3 is 2.13 bits per heavy atom. The molecule has 4 heterocycles. The van der Waals surface area contributed by atoms with Crippen molar-refractivity contribution >= 4 is 55.1 Å². The van der Waals surface area contributed by atoms with E-state index in [1.165, 1.54) is 0 Å². The molecule has 0 spiro atoms. The number of aliphatic imine (C=N–C) groups is 1. The summed E-state index contributed by atoms with van der Waals surface area (Å²) >= 11 is 0. The topological polar surface area (TPSA) is 102 Å². The highest BCUT2D eigenvalue weighted by Gasteiger charge is 2.26. The Morgan fingerprint density at radius 1 is 0.974 bits per heavy atom. The van der Waals surface area contributed by atoms with E-state index in [-0.39, 0.29) is 11.5 Å². The zero-order chi connectivity index (χ0) is 28.3. The molecule has 4 rings (SSSR count). The molecule has 0 amide bonds. The molecule has 216 valence electrons. The van der Waals surface area contributed by atoms with Crippen molar-refractivity contribution in [2.75, 3.05) is 67.6 Å². The SMILES string of the molecule is C[Si](C)(C)CCOCN(COCC[Si](C)(C)C)c1cc(N2CCS(=O)(=O)CC2)nc2c(C3=CCN=C3)cnn12. The van der Waals surface area contributed by atoms with Gasteiger partial charge in [0, 0.05) is 65.9 Å². The van der Waals surface area contributed by atoms with Gasteiger partial charge in [-0.05, 0) is 12.1 Å². The first-order valence-electron chi connectivity index (χ1n) is 13.8. The van der Waals surface area contributed by atoms with Crippen LogP contribution in [-0.2, 0) is 19.3 Å². The van der Waals surface area contributed by atoms with E-state index < -0.39 is 26.0 Å². The fourth-order valence-electron chi connectivity index (χ4n) is 4.28. The predicted octanol–water partition coefficient (Wildman–Crippen LogP) is 3.86. The van der Waals surface area contributed by atoms with Crippen molar-refractivity contribution in [3.63, 3.8) is 0 Å². The number of ether oxygens (including phenoxy) is 2. The molecule has 2 aliphatic rings. The van der Waals surface area contributed by atoms with Crippen LogP contribution in [0.5, 0.6) is 0 Å². The van der Waals surface area contributed by atoms with E-state index >= 15 is 0 Å². The molecule has 0 aliphatic carbocycles. The van der Waals surface area contributed by atoms with Gasteiger partial charge in [-0.3, -0.25) is 4.99 Å². The van der Waals surface area contributed by atoms with Gasteiger partial charge in [0.2, 0.25) is 0 Å². The lowest BCUT2D eigenvalue weighted by molar-refractivity contribution is 0.0942. The second-order valence-electron chi connectivity index (χ2n) is 12.8. The van der Waals surface area contributed by atoms with Gasteiger partial charge in [-0.1, -0.05) is 45.4 Å². The fraction of sp³-hybridized carbons (Fsp3) is 0.654. The van der Waals surface area contributed by atoms with Crippen LogP contribution in [-0.4, -0.2) is 103 Å². The molecule has 0 saturated carbocycles. The first kappa shape index (κ1) is 29.9. The van der Waals surface area contributed by atoms with E-state index in [2.05, 4.69) is 60.2 Å². The summed E-state index contributed by atoms with van der Waals surface area (Å²) in [6, 6.07) is 4.15. The summed E-state index contributed by atoms with van der Waals surface area (Å²) in [5, 5.41) is 4.73. The van der Waals surface area contributed by atoms with E-state index in [9.17, 15) is 8.42 Å². The van der Waals surface area contributed by atoms with Gasteiger partial charge in [0.1, 0.15) is 25.1 Å². The number of sulfone groups is 1. The van der Waals surface area contributed by atoms with E-state index in [1.54, 1.807) is 0 Å². The van der Waals surface area contributed by atoms with E-state index in [0.717, 1.165) is 34.9 Å². The molecule has 0 radical (unpaired) electrons. The van der Waals surface area contributed by atoms with Crippen molar-refractivity contribution in [2.24, 2.45) is 4.99 Å². The number of hydrogen-bond acceptors (Lipinski definition) is 9. The quantitative estimate of drug-likeness (QED) is 0.196. The number of hydrogen-bond donors (Lipinski definition) is 0. The molecule has 0 aromatic carbocycles. The maximum absolute atomic E-state index is 12.1. The van der Waals surface area contributed by atoms with Crippen molar-refractivity contribution in [3.05, 3.63) is 23.9 Å². The van der Waals surface area contributed by atoms with Crippen molar-refractivity contribution in [3.8, 4) is 0 Å². The average molecular weight is 593 g/mol. The Balaban J connectivity index is 1.68. The smallest absolute Gasteiger partial charge is 0.167 e. The van der Waals surface area contributed by atoms with E-state index in [4.69, 9.17) is 19.6 Å². The molecule has 0 unspecified atom stereocenters. The van der Waals surface area contributed by atoms with Gasteiger partial charge in [-0.25, -0.2) is 13.4 Å². The standard InChI is InChI=1S/C26H44N6O4SSi2/c1-38(2,3)15-11-35-20-31(21-36-12-16-39(4,5)6)25-17-24(30-9-13-37(33,34)14-10-30)29-26-23(19-28-32(25)26)22-7-8-27-18-22/h7,17-19H,8-16,20-21H2,1-6H3. The van der Waals surface area contributed by atoms with Gasteiger partial charge in [0.15, 0.2) is 15.5 Å². The monoisotopic (exact) mass is 592 g/mol. The minimum atomic E-state index is -3.01. The molecule has 2 aromatic rings. The molecular weight excluding hydrogens is 549 g/mol. The highest BCUT2D eigenvalue weighted by Crippen LogP contribution is 2.29. The van der Waals surface area contributed by atoms with Crippen LogP contribution >= 0.6 is 0 Å². The van der Waals surface area contributed by atoms with Crippen LogP contribution in [0.15, 0.2) is 23.3 Å². The largest absolute Gasteiger partial charge is 0.361 e. The van der Waals surface area contributed by atoms with Crippen molar-refractivity contribution in [1.29, 1.82) is 0 Å². The molecule has 2 aromatic heterocycles. The van der Waals surface area contributed by atoms with Crippen LogP contribution < -0.4 is 9.80 Å². The molecular formula is C26H44N6O4SSi2. The maximum Gasteiger partial charge on any atom is 0.167 e. The third-order valence-electron chi connectivity index (χ3n) is 6.88. The highest BCUT2D eigenvalue weighted by molar-refractivity contribution is 7.91. The third-order valence-corrected chi connectivity index (χ3v) is 11.9. The van der Waals surface area contributed by atoms with Crippen LogP contribution in [0.25, 0.3) is 11.2 Å². The Labute approximate surface area is 235 Å². The average Bonchev–Trinajstić information content (AvgIpc) is 3.51. The number of nitrogens with zero attached hydrogens (tertiary/aromatic N) is 6. The predicted molar refractivity (Wildman–Crippen MR) is 166 cm³/mol. The second kappa shape index (κ2) is 12.2. The zero-order valence-corrected chi connectivity index (χ0v) is 27.1. The Morgan fingerprint density at radius 2 is 1.59 bits per heavy atom. The molecule has 2 aliphatic heterocycles. The molecule has 13 heteroatoms. The molecule has 10 nitrogen and oxygen atoms in total. The molecule has 39 heavy (non-hydrogen) atoms. The maximum atomic E-state index is 12.1. The van der Waals surface area contributed by atoms with Gasteiger partial charge >= 0.3 is 0 Å². The lowest BCUT2D eigenvalue weighted by atomic mass is 10.1. The Bertz CT molecular complexity index is 1280. The van der Waals surface area contributed by atoms with Gasteiger partial charge in [-0.15, -0.1) is 0 Å². The van der Waals surface area contributed by atoms with Crippen molar-refractivity contribution in [2.45, 2.75) is 51.4 Å². The molecule has 1 fully saturated rings. The molecule has 0 bridgehead atoms. The number of aromatic nitrogens is 3. The first-order valence-corrected chi connectivity index (χ1v) is 23.0. The molecule has 1 saturated heterocycles. The summed E-state index contributed by atoms with van der Waals surface area (Å²) in [7, 11) is -5.48. The summed E-state index contributed by atoms with van der Waals surface area (Å²) in [5.74, 6) is 1.80. The minimum Gasteiger partial charge on any atom is -0.361 e. The first-order chi connectivity index (χ1) is 18.3. The summed E-state index contributed by atoms with van der Waals surface area (Å²) in [4.78, 5) is 13.5. The minimum absolute atomic E-state index is 0.127. The van der Waals surface area contributed by atoms with Crippen molar-refractivity contribution in [1.82, 2.24) is 14.6 Å². The highest BCUT2D eigenvalue weighted by atomic mass is 32.2. The van der Waals surface area contributed by atoms with Crippen molar-refractivity contribution < 1.29 is 17.9 Å². The normalized spacial score (nSPS) is 17.7. The lowest BCUT2D eigenvalue weighted by Gasteiger charge is -2.30. The summed E-state index contributed by atoms with van der Waals surface area (Å²) in [6.07, 6.45) is 5.75. The van der Waals surface area contributed by atoms with Crippen LogP contribution in [0.1, 0.15) is 5.56 Å². The molecule has 0 atom stereocenters. The summed E-state index contributed by atoms with van der Waals surface area (Å²) in [5.41, 5.74) is 2.61. The van der Waals surface area contributed by atoms with Gasteiger partial charge in [0.05, 0.1) is 24.2 Å². The van der Waals surface area contributed by atoms with Crippen LogP contribution in [0.4, 0.5) is 11.6 Å². The third kappa shape index (κ3) is 8.46. The molecule has 0 N–H and O–H groups in total. The second-order valence-corrected chi connectivity index (χ2v) is 26.3. The van der Waals surface area contributed by atoms with Crippen LogP contribution in [0, 0.1) is 0 Å². The van der Waals surface area contributed by atoms with Crippen LogP contribution in [0.3, 0.4) is 0 Å². The number of allylic oxidation sites excluding steroid dienone is 1. The fourth-order valence-corrected chi connectivity index (χ4v) is 6.99. The van der Waals surface area contributed by atoms with Crippen LogP contribution in [0.2, 0.25) is 51.4 Å². The number of anilines is 2. The number of fused-ring (bicyclic) bond motifs is 1. The van der Waals surface area contributed by atoms with E-state index in [0.29, 0.717) is 52.0 Å². The van der Waals surface area contributed by atoms with Gasteiger partial charge in [0.25, 0.3) is 0 Å². The summed E-state index contributed by atoms with van der Waals surface area (Å²) in [6.45, 7) is 17.7. The lowest BCUT2D eigenvalue weighted by Crippen LogP contribution is -2.41.